The molecule has 92 valence electrons. The Hall–Kier alpha value is -0.820. The summed E-state index contributed by atoms with van der Waals surface area (Å²) in [5.41, 5.74) is 1.49. The van der Waals surface area contributed by atoms with E-state index in [0.29, 0.717) is 6.04 Å². The first-order chi connectivity index (χ1) is 8.38. The molecule has 0 radical (unpaired) electrons. The molecule has 2 aliphatic carbocycles. The second-order valence-corrected chi connectivity index (χ2v) is 5.83. The van der Waals surface area contributed by atoms with Gasteiger partial charge in [0, 0.05) is 6.04 Å². The fraction of sp³-hybridized carbons (Fsp3) is 0.625. The molecule has 0 aromatic heterocycles. The molecular formula is C16H23N. The topological polar surface area (TPSA) is 12.0 Å². The molecule has 17 heavy (non-hydrogen) atoms. The van der Waals surface area contributed by atoms with E-state index in [1.54, 1.807) is 0 Å². The van der Waals surface area contributed by atoms with Gasteiger partial charge in [0.1, 0.15) is 0 Å². The Kier molecular flexibility index (Phi) is 3.19. The van der Waals surface area contributed by atoms with Crippen LogP contribution >= 0.6 is 0 Å². The van der Waals surface area contributed by atoms with Crippen molar-refractivity contribution in [2.45, 2.75) is 38.6 Å². The number of rotatable bonds is 5. The molecule has 3 rings (SSSR count). The molecule has 0 amide bonds. The van der Waals surface area contributed by atoms with E-state index in [4.69, 9.17) is 0 Å². The van der Waals surface area contributed by atoms with E-state index in [-0.39, 0.29) is 0 Å². The van der Waals surface area contributed by atoms with Crippen molar-refractivity contribution in [3.63, 3.8) is 0 Å². The molecular weight excluding hydrogens is 206 g/mol. The Morgan fingerprint density at radius 3 is 2.47 bits per heavy atom. The molecule has 1 heteroatoms. The van der Waals surface area contributed by atoms with Gasteiger partial charge in [0.05, 0.1) is 0 Å². The van der Waals surface area contributed by atoms with E-state index < -0.39 is 0 Å². The number of hydrogen-bond acceptors (Lipinski definition) is 1. The number of fused-ring (bicyclic) bond motifs is 1. The van der Waals surface area contributed by atoms with Crippen molar-refractivity contribution >= 4 is 0 Å². The van der Waals surface area contributed by atoms with Crippen LogP contribution in [0.3, 0.4) is 0 Å². The first kappa shape index (κ1) is 11.3. The maximum atomic E-state index is 3.77. The first-order valence-corrected chi connectivity index (χ1v) is 7.16. The summed E-state index contributed by atoms with van der Waals surface area (Å²) in [6, 6.07) is 11.6. The van der Waals surface area contributed by atoms with Gasteiger partial charge in [0.2, 0.25) is 0 Å². The van der Waals surface area contributed by atoms with Crippen molar-refractivity contribution in [3.8, 4) is 0 Å². The molecule has 3 unspecified atom stereocenters. The number of benzene rings is 1. The van der Waals surface area contributed by atoms with Gasteiger partial charge in [-0.3, -0.25) is 0 Å². The minimum Gasteiger partial charge on any atom is -0.310 e. The van der Waals surface area contributed by atoms with Crippen molar-refractivity contribution < 1.29 is 0 Å². The van der Waals surface area contributed by atoms with Crippen LogP contribution in [0.2, 0.25) is 0 Å². The molecule has 0 spiro atoms. The quantitative estimate of drug-likeness (QED) is 0.810. The van der Waals surface area contributed by atoms with Crippen LogP contribution in [0.25, 0.3) is 0 Å². The van der Waals surface area contributed by atoms with Crippen LogP contribution in [0.15, 0.2) is 30.3 Å². The van der Waals surface area contributed by atoms with Crippen LogP contribution in [0.1, 0.15) is 44.2 Å². The fourth-order valence-electron chi connectivity index (χ4n) is 3.55. The zero-order valence-corrected chi connectivity index (χ0v) is 10.7. The second-order valence-electron chi connectivity index (χ2n) is 5.83. The molecule has 0 saturated heterocycles. The molecule has 1 nitrogen and oxygen atoms in total. The monoisotopic (exact) mass is 229 g/mol. The lowest BCUT2D eigenvalue weighted by atomic mass is 9.89. The van der Waals surface area contributed by atoms with Gasteiger partial charge in [0.15, 0.2) is 0 Å². The van der Waals surface area contributed by atoms with E-state index in [0.717, 1.165) is 24.3 Å². The smallest absolute Gasteiger partial charge is 0.0348 e. The minimum absolute atomic E-state index is 0.601. The highest BCUT2D eigenvalue weighted by molar-refractivity contribution is 5.21. The predicted molar refractivity (Wildman–Crippen MR) is 71.8 cm³/mol. The Balaban J connectivity index is 1.72. The van der Waals surface area contributed by atoms with E-state index in [9.17, 15) is 0 Å². The zero-order chi connectivity index (χ0) is 11.7. The molecule has 1 aromatic rings. The van der Waals surface area contributed by atoms with Crippen molar-refractivity contribution in [1.29, 1.82) is 0 Å². The Labute approximate surface area is 105 Å². The van der Waals surface area contributed by atoms with Gasteiger partial charge in [-0.05, 0) is 55.5 Å². The van der Waals surface area contributed by atoms with Gasteiger partial charge in [-0.15, -0.1) is 0 Å². The summed E-state index contributed by atoms with van der Waals surface area (Å²) in [6.07, 6.45) is 5.66. The Morgan fingerprint density at radius 2 is 1.82 bits per heavy atom. The van der Waals surface area contributed by atoms with Gasteiger partial charge in [-0.2, -0.15) is 0 Å². The Bertz CT molecular complexity index is 349. The summed E-state index contributed by atoms with van der Waals surface area (Å²) in [4.78, 5) is 0. The third kappa shape index (κ3) is 2.40. The maximum Gasteiger partial charge on any atom is 0.0348 e. The molecule has 1 aromatic carbocycles. The summed E-state index contributed by atoms with van der Waals surface area (Å²) < 4.78 is 0. The van der Waals surface area contributed by atoms with Crippen molar-refractivity contribution in [3.05, 3.63) is 35.9 Å². The van der Waals surface area contributed by atoms with E-state index in [1.807, 2.05) is 0 Å². The Morgan fingerprint density at radius 1 is 1.12 bits per heavy atom. The van der Waals surface area contributed by atoms with Crippen LogP contribution in [-0.4, -0.2) is 6.54 Å². The minimum atomic E-state index is 0.601. The molecule has 2 fully saturated rings. The molecule has 0 aliphatic heterocycles. The van der Waals surface area contributed by atoms with Crippen molar-refractivity contribution in [2.75, 3.05) is 6.54 Å². The standard InChI is InChI=1S/C16H23N/c1-2-8-17-16(12-6-4-3-5-7-12)15-10-13-9-14(13)11-15/h3-7,13-17H,2,8-11H2,1H3. The third-order valence-corrected chi connectivity index (χ3v) is 4.52. The fourth-order valence-corrected chi connectivity index (χ4v) is 3.55. The summed E-state index contributed by atoms with van der Waals surface area (Å²) in [5.74, 6) is 3.04. The van der Waals surface area contributed by atoms with Crippen LogP contribution in [0.5, 0.6) is 0 Å². The highest BCUT2D eigenvalue weighted by Crippen LogP contribution is 2.57. The van der Waals surface area contributed by atoms with Gasteiger partial charge in [-0.1, -0.05) is 37.3 Å². The molecule has 1 N–H and O–H groups in total. The van der Waals surface area contributed by atoms with Crippen LogP contribution in [0, 0.1) is 17.8 Å². The average Bonchev–Trinajstić information content (AvgIpc) is 2.98. The molecule has 3 atom stereocenters. The summed E-state index contributed by atoms with van der Waals surface area (Å²) in [5, 5.41) is 3.77. The first-order valence-electron chi connectivity index (χ1n) is 7.16. The highest BCUT2D eigenvalue weighted by Gasteiger charge is 2.47. The maximum absolute atomic E-state index is 3.77. The summed E-state index contributed by atoms with van der Waals surface area (Å²) in [6.45, 7) is 3.40. The normalized spacial score (nSPS) is 32.2. The lowest BCUT2D eigenvalue weighted by Gasteiger charge is -2.26. The number of nitrogens with one attached hydrogen (secondary N) is 1. The number of hydrogen-bond donors (Lipinski definition) is 1. The summed E-state index contributed by atoms with van der Waals surface area (Å²) >= 11 is 0. The molecule has 0 bridgehead atoms. The predicted octanol–water partition coefficient (Wildman–Crippen LogP) is 3.77. The van der Waals surface area contributed by atoms with Gasteiger partial charge in [0.25, 0.3) is 0 Å². The van der Waals surface area contributed by atoms with Gasteiger partial charge < -0.3 is 5.32 Å². The van der Waals surface area contributed by atoms with E-state index in [1.165, 1.54) is 31.2 Å². The SMILES string of the molecule is CCCNC(c1ccccc1)C1CC2CC2C1. The van der Waals surface area contributed by atoms with Gasteiger partial charge in [-0.25, -0.2) is 0 Å². The zero-order valence-electron chi connectivity index (χ0n) is 10.7. The third-order valence-electron chi connectivity index (χ3n) is 4.52. The van der Waals surface area contributed by atoms with E-state index >= 15 is 0 Å². The van der Waals surface area contributed by atoms with Crippen molar-refractivity contribution in [2.24, 2.45) is 17.8 Å². The van der Waals surface area contributed by atoms with Crippen LogP contribution in [-0.2, 0) is 0 Å². The van der Waals surface area contributed by atoms with Gasteiger partial charge >= 0.3 is 0 Å². The average molecular weight is 229 g/mol. The molecule has 2 saturated carbocycles. The lowest BCUT2D eigenvalue weighted by Crippen LogP contribution is -2.28. The van der Waals surface area contributed by atoms with E-state index in [2.05, 4.69) is 42.6 Å². The molecule has 2 aliphatic rings. The highest BCUT2D eigenvalue weighted by atomic mass is 14.9. The van der Waals surface area contributed by atoms with Crippen LogP contribution < -0.4 is 5.32 Å². The lowest BCUT2D eigenvalue weighted by molar-refractivity contribution is 0.342. The van der Waals surface area contributed by atoms with Crippen molar-refractivity contribution in [1.82, 2.24) is 5.32 Å². The summed E-state index contributed by atoms with van der Waals surface area (Å²) in [7, 11) is 0. The largest absolute Gasteiger partial charge is 0.310 e. The van der Waals surface area contributed by atoms with Crippen LogP contribution in [0.4, 0.5) is 0 Å². The second kappa shape index (κ2) is 4.81. The molecule has 0 heterocycles.